The number of thiophene rings is 1. The van der Waals surface area contributed by atoms with Crippen molar-refractivity contribution in [2.75, 3.05) is 39.3 Å². The van der Waals surface area contributed by atoms with E-state index in [0.29, 0.717) is 10.9 Å². The Bertz CT molecular complexity index is 535. The molecule has 5 nitrogen and oxygen atoms in total. The maximum absolute atomic E-state index is 10.2. The lowest BCUT2D eigenvalue weighted by Gasteiger charge is -2.30. The van der Waals surface area contributed by atoms with Crippen LogP contribution in [0.5, 0.6) is 0 Å². The van der Waals surface area contributed by atoms with Crippen LogP contribution in [0, 0.1) is 5.92 Å². The number of aliphatic hydroxyl groups is 1. The number of aliphatic imine (C=N–C) groups is 1. The van der Waals surface area contributed by atoms with E-state index in [-0.39, 0.29) is 24.0 Å². The highest BCUT2D eigenvalue weighted by Crippen LogP contribution is 2.26. The second-order valence-electron chi connectivity index (χ2n) is 6.68. The molecule has 1 aliphatic rings. The molecular formula is C18H32ClIN4OS. The molecule has 2 rings (SSSR count). The first-order valence-corrected chi connectivity index (χ1v) is 10.5. The van der Waals surface area contributed by atoms with Gasteiger partial charge in [-0.25, -0.2) is 0 Å². The molecule has 2 heterocycles. The van der Waals surface area contributed by atoms with E-state index >= 15 is 0 Å². The minimum absolute atomic E-state index is 0. The Labute approximate surface area is 183 Å². The Hall–Kier alpha value is -0.0900. The van der Waals surface area contributed by atoms with E-state index in [1.807, 2.05) is 13.0 Å². The average Bonchev–Trinajstić information content (AvgIpc) is 3.04. The normalized spacial score (nSPS) is 17.6. The van der Waals surface area contributed by atoms with Gasteiger partial charge in [-0.1, -0.05) is 18.5 Å². The van der Waals surface area contributed by atoms with Crippen molar-refractivity contribution in [3.05, 3.63) is 21.3 Å². The van der Waals surface area contributed by atoms with Crippen molar-refractivity contribution in [3.63, 3.8) is 0 Å². The molecule has 26 heavy (non-hydrogen) atoms. The van der Waals surface area contributed by atoms with Crippen molar-refractivity contribution < 1.29 is 5.11 Å². The number of halogens is 2. The second kappa shape index (κ2) is 13.1. The van der Waals surface area contributed by atoms with Gasteiger partial charge in [0.05, 0.1) is 10.9 Å². The highest BCUT2D eigenvalue weighted by Gasteiger charge is 2.15. The van der Waals surface area contributed by atoms with E-state index in [4.69, 9.17) is 11.6 Å². The Morgan fingerprint density at radius 3 is 2.73 bits per heavy atom. The zero-order valence-corrected chi connectivity index (χ0v) is 19.6. The number of rotatable bonds is 8. The van der Waals surface area contributed by atoms with Crippen molar-refractivity contribution in [2.24, 2.45) is 10.9 Å². The molecule has 1 unspecified atom stereocenters. The SMILES string of the molecule is CCNC(=NCC(O)c1ccc(Cl)s1)NCCCN1CCC(C)CC1.I. The number of nitrogens with zero attached hydrogens (tertiary/aromatic N) is 2. The van der Waals surface area contributed by atoms with Gasteiger partial charge in [0, 0.05) is 18.0 Å². The van der Waals surface area contributed by atoms with Crippen LogP contribution in [-0.4, -0.2) is 55.2 Å². The predicted octanol–water partition coefficient (Wildman–Crippen LogP) is 3.73. The lowest BCUT2D eigenvalue weighted by atomic mass is 9.99. The molecule has 3 N–H and O–H groups in total. The smallest absolute Gasteiger partial charge is 0.191 e. The summed E-state index contributed by atoms with van der Waals surface area (Å²) in [6.07, 6.45) is 3.13. The van der Waals surface area contributed by atoms with Gasteiger partial charge in [0.25, 0.3) is 0 Å². The highest BCUT2D eigenvalue weighted by molar-refractivity contribution is 14.0. The van der Waals surface area contributed by atoms with Gasteiger partial charge in [0.2, 0.25) is 0 Å². The fourth-order valence-corrected chi connectivity index (χ4v) is 3.95. The Morgan fingerprint density at radius 2 is 2.12 bits per heavy atom. The second-order valence-corrected chi connectivity index (χ2v) is 8.43. The standard InChI is InChI=1S/C18H31ClN4OS.HI/c1-3-20-18(22-13-15(24)16-5-6-17(19)25-16)21-9-4-10-23-11-7-14(2)8-12-23;/h5-6,14-15,24H,3-4,7-13H2,1-2H3,(H2,20,21,22);1H. The van der Waals surface area contributed by atoms with Crippen LogP contribution in [0.2, 0.25) is 4.34 Å². The number of guanidine groups is 1. The number of aliphatic hydroxyl groups excluding tert-OH is 1. The van der Waals surface area contributed by atoms with Crippen LogP contribution < -0.4 is 10.6 Å². The largest absolute Gasteiger partial charge is 0.386 e. The third-order valence-corrected chi connectivity index (χ3v) is 5.84. The van der Waals surface area contributed by atoms with Gasteiger partial charge < -0.3 is 20.6 Å². The molecule has 8 heteroatoms. The summed E-state index contributed by atoms with van der Waals surface area (Å²) in [5, 5.41) is 16.8. The zero-order chi connectivity index (χ0) is 18.1. The van der Waals surface area contributed by atoms with Crippen LogP contribution in [-0.2, 0) is 0 Å². The number of likely N-dealkylation sites (tertiary alicyclic amines) is 1. The van der Waals surface area contributed by atoms with Crippen LogP contribution in [0.3, 0.4) is 0 Å². The summed E-state index contributed by atoms with van der Waals surface area (Å²) in [5.74, 6) is 1.64. The van der Waals surface area contributed by atoms with E-state index in [1.165, 1.54) is 37.3 Å². The highest BCUT2D eigenvalue weighted by atomic mass is 127. The van der Waals surface area contributed by atoms with Gasteiger partial charge in [-0.2, -0.15) is 0 Å². The van der Waals surface area contributed by atoms with Gasteiger partial charge in [-0.05, 0) is 63.9 Å². The van der Waals surface area contributed by atoms with Crippen LogP contribution in [0.15, 0.2) is 17.1 Å². The van der Waals surface area contributed by atoms with Crippen molar-refractivity contribution in [3.8, 4) is 0 Å². The summed E-state index contributed by atoms with van der Waals surface area (Å²) in [5.41, 5.74) is 0. The molecular weight excluding hydrogens is 483 g/mol. The third-order valence-electron chi connectivity index (χ3n) is 4.51. The van der Waals surface area contributed by atoms with Crippen molar-refractivity contribution in [2.45, 2.75) is 39.2 Å². The maximum Gasteiger partial charge on any atom is 0.191 e. The molecule has 0 bridgehead atoms. The number of piperidine rings is 1. The van der Waals surface area contributed by atoms with E-state index in [2.05, 4.69) is 27.4 Å². The van der Waals surface area contributed by atoms with Crippen LogP contribution >= 0.6 is 46.9 Å². The molecule has 1 aromatic rings. The Morgan fingerprint density at radius 1 is 1.38 bits per heavy atom. The molecule has 0 aromatic carbocycles. The molecule has 1 fully saturated rings. The van der Waals surface area contributed by atoms with Crippen LogP contribution in [0.25, 0.3) is 0 Å². The van der Waals surface area contributed by atoms with Gasteiger partial charge in [0.15, 0.2) is 5.96 Å². The summed E-state index contributed by atoms with van der Waals surface area (Å²) >= 11 is 7.31. The van der Waals surface area contributed by atoms with Gasteiger partial charge in [-0.3, -0.25) is 4.99 Å². The first-order valence-electron chi connectivity index (χ1n) is 9.26. The summed E-state index contributed by atoms with van der Waals surface area (Å²) in [6, 6.07) is 3.66. The van der Waals surface area contributed by atoms with E-state index in [1.54, 1.807) is 6.07 Å². The molecule has 1 aromatic heterocycles. The van der Waals surface area contributed by atoms with E-state index < -0.39 is 6.10 Å². The molecule has 1 aliphatic heterocycles. The van der Waals surface area contributed by atoms with Gasteiger partial charge in [0.1, 0.15) is 6.10 Å². The van der Waals surface area contributed by atoms with E-state index in [0.717, 1.165) is 42.8 Å². The van der Waals surface area contributed by atoms with Gasteiger partial charge >= 0.3 is 0 Å². The Kier molecular flexibility index (Phi) is 12.1. The Balaban J connectivity index is 0.00000338. The monoisotopic (exact) mass is 514 g/mol. The summed E-state index contributed by atoms with van der Waals surface area (Å²) in [4.78, 5) is 7.89. The first-order chi connectivity index (χ1) is 12.1. The molecule has 1 saturated heterocycles. The first kappa shape index (κ1) is 23.9. The minimum atomic E-state index is -0.608. The fourth-order valence-electron chi connectivity index (χ4n) is 2.91. The predicted molar refractivity (Wildman–Crippen MR) is 123 cm³/mol. The van der Waals surface area contributed by atoms with Crippen LogP contribution in [0.1, 0.15) is 44.1 Å². The number of hydrogen-bond donors (Lipinski definition) is 3. The quantitative estimate of drug-likeness (QED) is 0.214. The molecule has 0 amide bonds. The van der Waals surface area contributed by atoms with Crippen molar-refractivity contribution in [1.29, 1.82) is 0 Å². The number of nitrogens with one attached hydrogen (secondary N) is 2. The molecule has 0 aliphatic carbocycles. The van der Waals surface area contributed by atoms with Gasteiger partial charge in [-0.15, -0.1) is 35.3 Å². The molecule has 0 spiro atoms. The molecule has 150 valence electrons. The van der Waals surface area contributed by atoms with Crippen molar-refractivity contribution in [1.82, 2.24) is 15.5 Å². The average molecular weight is 515 g/mol. The van der Waals surface area contributed by atoms with Crippen LogP contribution in [0.4, 0.5) is 0 Å². The third kappa shape index (κ3) is 8.73. The lowest BCUT2D eigenvalue weighted by Crippen LogP contribution is -2.40. The minimum Gasteiger partial charge on any atom is -0.386 e. The maximum atomic E-state index is 10.2. The fraction of sp³-hybridized carbons (Fsp3) is 0.722. The van der Waals surface area contributed by atoms with E-state index in [9.17, 15) is 5.11 Å². The molecule has 0 saturated carbocycles. The summed E-state index contributed by atoms with van der Waals surface area (Å²) in [7, 11) is 0. The zero-order valence-electron chi connectivity index (χ0n) is 15.7. The topological polar surface area (TPSA) is 59.9 Å². The number of hydrogen-bond acceptors (Lipinski definition) is 4. The summed E-state index contributed by atoms with van der Waals surface area (Å²) in [6.45, 7) is 10.00. The molecule has 1 atom stereocenters. The lowest BCUT2D eigenvalue weighted by molar-refractivity contribution is 0.190. The van der Waals surface area contributed by atoms with Crippen molar-refractivity contribution >= 4 is 52.9 Å². The summed E-state index contributed by atoms with van der Waals surface area (Å²) < 4.78 is 0.690. The molecule has 0 radical (unpaired) electrons.